The number of rotatable bonds is 1. The number of aromatic nitrogens is 1. The Hall–Kier alpha value is -1.62. The van der Waals surface area contributed by atoms with Gasteiger partial charge in [0, 0.05) is 24.7 Å². The minimum absolute atomic E-state index is 0.333. The van der Waals surface area contributed by atoms with Gasteiger partial charge in [0.15, 0.2) is 0 Å². The topological polar surface area (TPSA) is 62.7 Å². The summed E-state index contributed by atoms with van der Waals surface area (Å²) in [4.78, 5) is 18.4. The first-order chi connectivity index (χ1) is 10.0. The zero-order valence-electron chi connectivity index (χ0n) is 14.1. The molecule has 1 aliphatic rings. The van der Waals surface area contributed by atoms with Gasteiger partial charge in [0.2, 0.25) is 0 Å². The largest absolute Gasteiger partial charge is 0.444 e. The van der Waals surface area contributed by atoms with Crippen LogP contribution in [0, 0.1) is 0 Å². The van der Waals surface area contributed by atoms with Crippen LogP contribution in [0.3, 0.4) is 0 Å². The van der Waals surface area contributed by atoms with Crippen LogP contribution in [0.15, 0.2) is 24.4 Å². The summed E-state index contributed by atoms with van der Waals surface area (Å²) in [5.74, 6) is 0. The van der Waals surface area contributed by atoms with Gasteiger partial charge in [-0.2, -0.15) is 0 Å². The van der Waals surface area contributed by atoms with E-state index in [0.717, 1.165) is 0 Å². The van der Waals surface area contributed by atoms with Crippen LogP contribution in [0.1, 0.15) is 53.2 Å². The van der Waals surface area contributed by atoms with Gasteiger partial charge in [-0.05, 0) is 53.2 Å². The Bertz CT molecular complexity index is 537. The molecule has 1 atom stereocenters. The Morgan fingerprint density at radius 2 is 2.05 bits per heavy atom. The van der Waals surface area contributed by atoms with E-state index in [-0.39, 0.29) is 6.09 Å². The molecule has 1 unspecified atom stereocenters. The van der Waals surface area contributed by atoms with Gasteiger partial charge in [0.1, 0.15) is 11.2 Å². The second kappa shape index (κ2) is 5.54. The Morgan fingerprint density at radius 1 is 1.36 bits per heavy atom. The molecule has 0 bridgehead atoms. The van der Waals surface area contributed by atoms with E-state index in [1.165, 1.54) is 0 Å². The quantitative estimate of drug-likeness (QED) is 0.866. The first kappa shape index (κ1) is 16.7. The van der Waals surface area contributed by atoms with Crippen LogP contribution in [0.4, 0.5) is 4.79 Å². The summed E-state index contributed by atoms with van der Waals surface area (Å²) in [6.07, 6.45) is 2.23. The van der Waals surface area contributed by atoms with Crippen LogP contribution >= 0.6 is 0 Å². The lowest BCUT2D eigenvalue weighted by molar-refractivity contribution is -0.0850. The molecule has 1 fully saturated rings. The fraction of sp³-hybridized carbons (Fsp3) is 0.647. The lowest BCUT2D eigenvalue weighted by Gasteiger charge is -2.48. The molecule has 5 heteroatoms. The van der Waals surface area contributed by atoms with Crippen molar-refractivity contribution < 1.29 is 14.6 Å². The fourth-order valence-electron chi connectivity index (χ4n) is 3.01. The van der Waals surface area contributed by atoms with Crippen molar-refractivity contribution in [3.05, 3.63) is 30.1 Å². The monoisotopic (exact) mass is 306 g/mol. The third-order valence-corrected chi connectivity index (χ3v) is 3.96. The predicted molar refractivity (Wildman–Crippen MR) is 84.4 cm³/mol. The molecule has 0 spiro atoms. The van der Waals surface area contributed by atoms with E-state index in [2.05, 4.69) is 4.98 Å². The maximum absolute atomic E-state index is 12.4. The van der Waals surface area contributed by atoms with E-state index in [1.807, 2.05) is 52.8 Å². The van der Waals surface area contributed by atoms with Gasteiger partial charge < -0.3 is 14.7 Å². The number of ether oxygens (including phenoxy) is 1. The van der Waals surface area contributed by atoms with Gasteiger partial charge in [-0.25, -0.2) is 4.79 Å². The Labute approximate surface area is 132 Å². The smallest absolute Gasteiger partial charge is 0.410 e. The van der Waals surface area contributed by atoms with Crippen molar-refractivity contribution in [3.8, 4) is 0 Å². The van der Waals surface area contributed by atoms with Gasteiger partial charge in [0.25, 0.3) is 0 Å². The summed E-state index contributed by atoms with van der Waals surface area (Å²) in [6, 6.07) is 5.53. The number of amides is 1. The first-order valence-electron chi connectivity index (χ1n) is 7.68. The molecule has 5 nitrogen and oxygen atoms in total. The van der Waals surface area contributed by atoms with Crippen LogP contribution in [-0.4, -0.2) is 38.8 Å². The van der Waals surface area contributed by atoms with E-state index in [0.29, 0.717) is 25.1 Å². The maximum atomic E-state index is 12.4. The molecule has 2 rings (SSSR count). The van der Waals surface area contributed by atoms with Crippen LogP contribution < -0.4 is 0 Å². The van der Waals surface area contributed by atoms with Crippen molar-refractivity contribution in [1.29, 1.82) is 0 Å². The van der Waals surface area contributed by atoms with E-state index in [1.54, 1.807) is 11.1 Å². The molecule has 1 aromatic heterocycles. The SMILES string of the molecule is CC(C)(C)OC(=O)N1CCC(O)(c2ccccn2)CC1(C)C. The number of carbonyl (C=O) groups is 1. The number of hydrogen-bond donors (Lipinski definition) is 1. The summed E-state index contributed by atoms with van der Waals surface area (Å²) in [5, 5.41) is 11.0. The summed E-state index contributed by atoms with van der Waals surface area (Å²) in [7, 11) is 0. The molecule has 0 saturated carbocycles. The van der Waals surface area contributed by atoms with Crippen molar-refractivity contribution >= 4 is 6.09 Å². The highest BCUT2D eigenvalue weighted by atomic mass is 16.6. The molecular formula is C17H26N2O3. The van der Waals surface area contributed by atoms with Gasteiger partial charge >= 0.3 is 6.09 Å². The predicted octanol–water partition coefficient (Wildman–Crippen LogP) is 3.08. The summed E-state index contributed by atoms with van der Waals surface area (Å²) < 4.78 is 5.48. The van der Waals surface area contributed by atoms with Crippen LogP contribution in [0.5, 0.6) is 0 Å². The molecule has 0 aliphatic carbocycles. The Balaban J connectivity index is 2.18. The lowest BCUT2D eigenvalue weighted by Crippen LogP contribution is -2.58. The number of hydrogen-bond acceptors (Lipinski definition) is 4. The van der Waals surface area contributed by atoms with Crippen molar-refractivity contribution in [2.24, 2.45) is 0 Å². The molecule has 1 amide bonds. The van der Waals surface area contributed by atoms with Gasteiger partial charge in [0.05, 0.1) is 5.69 Å². The minimum Gasteiger partial charge on any atom is -0.444 e. The fourth-order valence-corrected chi connectivity index (χ4v) is 3.01. The first-order valence-corrected chi connectivity index (χ1v) is 7.68. The highest BCUT2D eigenvalue weighted by Gasteiger charge is 2.47. The number of pyridine rings is 1. The number of piperidine rings is 1. The summed E-state index contributed by atoms with van der Waals surface area (Å²) in [6.45, 7) is 9.90. The standard InChI is InChI=1S/C17H26N2O3/c1-15(2,3)22-14(20)19-11-9-17(21,12-16(19,4)5)13-8-6-7-10-18-13/h6-8,10,21H,9,11-12H2,1-5H3. The van der Waals surface area contributed by atoms with Crippen LogP contribution in [0.2, 0.25) is 0 Å². The molecule has 1 N–H and O–H groups in total. The van der Waals surface area contributed by atoms with E-state index in [9.17, 15) is 9.90 Å². The highest BCUT2D eigenvalue weighted by Crippen LogP contribution is 2.40. The van der Waals surface area contributed by atoms with E-state index in [4.69, 9.17) is 4.74 Å². The second-order valence-electron chi connectivity index (χ2n) is 7.62. The zero-order chi connectivity index (χ0) is 16.6. The lowest BCUT2D eigenvalue weighted by atomic mass is 9.77. The van der Waals surface area contributed by atoms with Crippen LogP contribution in [0.25, 0.3) is 0 Å². The Morgan fingerprint density at radius 3 is 2.55 bits per heavy atom. The molecule has 1 aromatic rings. The third-order valence-electron chi connectivity index (χ3n) is 3.96. The molecule has 0 aromatic carbocycles. The van der Waals surface area contributed by atoms with E-state index < -0.39 is 16.7 Å². The number of likely N-dealkylation sites (tertiary alicyclic amines) is 1. The molecule has 0 radical (unpaired) electrons. The van der Waals surface area contributed by atoms with Crippen molar-refractivity contribution in [2.45, 2.75) is 64.2 Å². The zero-order valence-corrected chi connectivity index (χ0v) is 14.1. The number of carbonyl (C=O) groups excluding carboxylic acids is 1. The van der Waals surface area contributed by atoms with Crippen molar-refractivity contribution in [3.63, 3.8) is 0 Å². The number of nitrogens with zero attached hydrogens (tertiary/aromatic N) is 2. The summed E-state index contributed by atoms with van der Waals surface area (Å²) in [5.41, 5.74) is -1.38. The van der Waals surface area contributed by atoms with Gasteiger partial charge in [-0.15, -0.1) is 0 Å². The van der Waals surface area contributed by atoms with Crippen molar-refractivity contribution in [1.82, 2.24) is 9.88 Å². The van der Waals surface area contributed by atoms with Crippen molar-refractivity contribution in [2.75, 3.05) is 6.54 Å². The molecule has 2 heterocycles. The molecule has 1 saturated heterocycles. The molecule has 1 aliphatic heterocycles. The number of aliphatic hydroxyl groups is 1. The Kier molecular flexibility index (Phi) is 4.22. The van der Waals surface area contributed by atoms with E-state index >= 15 is 0 Å². The average molecular weight is 306 g/mol. The normalized spacial score (nSPS) is 24.9. The molecule has 122 valence electrons. The average Bonchev–Trinajstić information content (AvgIpc) is 2.36. The molecule has 22 heavy (non-hydrogen) atoms. The van der Waals surface area contributed by atoms with Gasteiger partial charge in [-0.3, -0.25) is 4.98 Å². The minimum atomic E-state index is -1.01. The molecular weight excluding hydrogens is 280 g/mol. The summed E-state index contributed by atoms with van der Waals surface area (Å²) >= 11 is 0. The third kappa shape index (κ3) is 3.58. The van der Waals surface area contributed by atoms with Gasteiger partial charge in [-0.1, -0.05) is 6.07 Å². The van der Waals surface area contributed by atoms with Crippen LogP contribution in [-0.2, 0) is 10.3 Å². The highest BCUT2D eigenvalue weighted by molar-refractivity contribution is 5.69. The maximum Gasteiger partial charge on any atom is 0.410 e. The second-order valence-corrected chi connectivity index (χ2v) is 7.62.